The quantitative estimate of drug-likeness (QED) is 0.569. The summed E-state index contributed by atoms with van der Waals surface area (Å²) < 4.78 is 31.4. The van der Waals surface area contributed by atoms with Gasteiger partial charge in [-0.05, 0) is 55.0 Å². The van der Waals surface area contributed by atoms with Crippen LogP contribution in [0.15, 0.2) is 42.5 Å². The van der Waals surface area contributed by atoms with E-state index in [9.17, 15) is 9.18 Å². The Hall–Kier alpha value is -3.48. The van der Waals surface area contributed by atoms with Crippen molar-refractivity contribution in [2.24, 2.45) is 0 Å². The van der Waals surface area contributed by atoms with Crippen molar-refractivity contribution in [2.75, 3.05) is 27.9 Å². The first-order chi connectivity index (χ1) is 14.5. The lowest BCUT2D eigenvalue weighted by Crippen LogP contribution is -2.25. The minimum absolute atomic E-state index is 0.219. The third-order valence-corrected chi connectivity index (χ3v) is 4.82. The number of rotatable bonds is 8. The Morgan fingerprint density at radius 3 is 2.40 bits per heavy atom. The predicted octanol–water partition coefficient (Wildman–Crippen LogP) is 3.94. The molecule has 1 amide bonds. The molecule has 0 aliphatic rings. The summed E-state index contributed by atoms with van der Waals surface area (Å²) >= 11 is 0. The largest absolute Gasteiger partial charge is 0.493 e. The van der Waals surface area contributed by atoms with Gasteiger partial charge in [0.1, 0.15) is 5.82 Å². The second-order valence-corrected chi connectivity index (χ2v) is 6.72. The van der Waals surface area contributed by atoms with Crippen molar-refractivity contribution >= 4 is 22.9 Å². The fourth-order valence-corrected chi connectivity index (χ4v) is 3.40. The zero-order valence-corrected chi connectivity index (χ0v) is 17.5. The van der Waals surface area contributed by atoms with Crippen molar-refractivity contribution in [2.45, 2.75) is 13.5 Å². The van der Waals surface area contributed by atoms with Crippen LogP contribution in [0.3, 0.4) is 0 Å². The van der Waals surface area contributed by atoms with Gasteiger partial charge in [-0.25, -0.2) is 4.39 Å². The molecule has 6 nitrogen and oxygen atoms in total. The fraction of sp³-hybridized carbons (Fsp3) is 0.261. The number of fused-ring (bicyclic) bond motifs is 1. The van der Waals surface area contributed by atoms with Gasteiger partial charge in [0, 0.05) is 35.8 Å². The van der Waals surface area contributed by atoms with Gasteiger partial charge >= 0.3 is 0 Å². The molecule has 0 unspecified atom stereocenters. The van der Waals surface area contributed by atoms with Crippen molar-refractivity contribution in [3.05, 3.63) is 59.5 Å². The van der Waals surface area contributed by atoms with Gasteiger partial charge < -0.3 is 24.1 Å². The Kier molecular flexibility index (Phi) is 6.61. The van der Waals surface area contributed by atoms with Crippen molar-refractivity contribution in [3.63, 3.8) is 0 Å². The van der Waals surface area contributed by atoms with Crippen molar-refractivity contribution in [1.82, 2.24) is 9.88 Å². The molecule has 0 fully saturated rings. The molecule has 0 saturated carbocycles. The zero-order chi connectivity index (χ0) is 21.7. The summed E-state index contributed by atoms with van der Waals surface area (Å²) in [4.78, 5) is 12.2. The highest BCUT2D eigenvalue weighted by molar-refractivity contribution is 5.92. The van der Waals surface area contributed by atoms with Gasteiger partial charge in [0.15, 0.2) is 11.5 Å². The van der Waals surface area contributed by atoms with E-state index in [0.717, 1.165) is 22.2 Å². The van der Waals surface area contributed by atoms with E-state index in [-0.39, 0.29) is 11.7 Å². The maximum atomic E-state index is 13.4. The molecule has 7 heteroatoms. The predicted molar refractivity (Wildman–Crippen MR) is 115 cm³/mol. The number of nitrogens with zero attached hydrogens (tertiary/aromatic N) is 1. The number of halogens is 1. The number of aryl methyl sites for hydroxylation is 1. The van der Waals surface area contributed by atoms with Gasteiger partial charge in [-0.3, -0.25) is 4.79 Å². The highest BCUT2D eigenvalue weighted by atomic mass is 19.1. The highest BCUT2D eigenvalue weighted by Gasteiger charge is 2.12. The van der Waals surface area contributed by atoms with E-state index >= 15 is 0 Å². The summed E-state index contributed by atoms with van der Waals surface area (Å²) in [7, 11) is 4.62. The van der Waals surface area contributed by atoms with E-state index in [1.807, 2.05) is 13.0 Å². The number of benzene rings is 2. The van der Waals surface area contributed by atoms with Gasteiger partial charge in [-0.15, -0.1) is 0 Å². The lowest BCUT2D eigenvalue weighted by atomic mass is 10.1. The third-order valence-electron chi connectivity index (χ3n) is 4.82. The number of hydrogen-bond acceptors (Lipinski definition) is 4. The Morgan fingerprint density at radius 2 is 1.77 bits per heavy atom. The Morgan fingerprint density at radius 1 is 1.07 bits per heavy atom. The van der Waals surface area contributed by atoms with Crippen LogP contribution in [0.1, 0.15) is 11.3 Å². The lowest BCUT2D eigenvalue weighted by molar-refractivity contribution is -0.116. The number of carbonyl (C=O) groups is 1. The second kappa shape index (κ2) is 9.35. The molecular formula is C23H25FN2O4. The smallest absolute Gasteiger partial charge is 0.244 e. The van der Waals surface area contributed by atoms with E-state index in [2.05, 4.69) is 9.88 Å². The normalized spacial score (nSPS) is 11.1. The van der Waals surface area contributed by atoms with Gasteiger partial charge in [0.25, 0.3) is 0 Å². The molecule has 3 rings (SSSR count). The number of nitrogens with one attached hydrogen (secondary N) is 1. The van der Waals surface area contributed by atoms with Crippen LogP contribution in [-0.2, 0) is 11.3 Å². The summed E-state index contributed by atoms with van der Waals surface area (Å²) in [5.41, 5.74) is 2.70. The van der Waals surface area contributed by atoms with Crippen molar-refractivity contribution in [1.29, 1.82) is 0 Å². The molecule has 0 spiro atoms. The van der Waals surface area contributed by atoms with Crippen LogP contribution in [0.25, 0.3) is 17.0 Å². The minimum Gasteiger partial charge on any atom is -0.493 e. The molecule has 1 heterocycles. The number of ether oxygens (including phenoxy) is 3. The number of amides is 1. The van der Waals surface area contributed by atoms with Crippen molar-refractivity contribution in [3.8, 4) is 17.2 Å². The highest BCUT2D eigenvalue weighted by Crippen LogP contribution is 2.38. The van der Waals surface area contributed by atoms with Gasteiger partial charge in [-0.2, -0.15) is 0 Å². The van der Waals surface area contributed by atoms with Crippen LogP contribution in [0.4, 0.5) is 4.39 Å². The van der Waals surface area contributed by atoms with Gasteiger partial charge in [-0.1, -0.05) is 0 Å². The van der Waals surface area contributed by atoms with Crippen LogP contribution in [0, 0.1) is 12.7 Å². The molecule has 1 aromatic heterocycles. The van der Waals surface area contributed by atoms with Crippen LogP contribution in [0.2, 0.25) is 0 Å². The van der Waals surface area contributed by atoms with E-state index in [4.69, 9.17) is 14.2 Å². The first-order valence-electron chi connectivity index (χ1n) is 9.48. The molecule has 2 aromatic carbocycles. The summed E-state index contributed by atoms with van der Waals surface area (Å²) in [5.74, 6) is 1.05. The average Bonchev–Trinajstić information content (AvgIpc) is 3.05. The lowest BCUT2D eigenvalue weighted by Gasteiger charge is -2.12. The number of carbonyl (C=O) groups excluding carboxylic acids is 1. The first-order valence-corrected chi connectivity index (χ1v) is 9.48. The van der Waals surface area contributed by atoms with Crippen LogP contribution in [-0.4, -0.2) is 38.3 Å². The van der Waals surface area contributed by atoms with Crippen LogP contribution in [0.5, 0.6) is 17.2 Å². The summed E-state index contributed by atoms with van der Waals surface area (Å²) in [6.07, 6.45) is 3.13. The van der Waals surface area contributed by atoms with Gasteiger partial charge in [0.05, 0.1) is 21.3 Å². The monoisotopic (exact) mass is 412 g/mol. The average molecular weight is 412 g/mol. The molecule has 30 heavy (non-hydrogen) atoms. The van der Waals surface area contributed by atoms with E-state index < -0.39 is 0 Å². The standard InChI is InChI=1S/C23H25FN2O4/c1-15-11-17-14-18(24)6-7-19(17)26(15)10-9-25-22(27)8-5-16-12-20(28-2)23(30-4)21(13-16)29-3/h5-8,11-14H,9-10H2,1-4H3,(H,25,27)/b8-5+. The SMILES string of the molecule is COc1cc(/C=C/C(=O)NCCn2c(C)cc3cc(F)ccc32)cc(OC)c1OC. The molecule has 0 radical (unpaired) electrons. The third kappa shape index (κ3) is 4.56. The summed E-state index contributed by atoms with van der Waals surface area (Å²) in [5, 5.41) is 3.71. The van der Waals surface area contributed by atoms with Crippen LogP contribution >= 0.6 is 0 Å². The zero-order valence-electron chi connectivity index (χ0n) is 17.5. The van der Waals surface area contributed by atoms with E-state index in [0.29, 0.717) is 30.3 Å². The minimum atomic E-state index is -0.259. The molecule has 0 atom stereocenters. The number of aromatic nitrogens is 1. The Labute approximate surface area is 174 Å². The number of hydrogen-bond donors (Lipinski definition) is 1. The molecule has 0 saturated heterocycles. The maximum absolute atomic E-state index is 13.4. The molecule has 0 aliphatic heterocycles. The molecule has 3 aromatic rings. The second-order valence-electron chi connectivity index (χ2n) is 6.72. The van der Waals surface area contributed by atoms with E-state index in [1.165, 1.54) is 25.3 Å². The topological polar surface area (TPSA) is 61.7 Å². The molecule has 0 aliphatic carbocycles. The summed E-state index contributed by atoms with van der Waals surface area (Å²) in [6, 6.07) is 10.2. The first kappa shape index (κ1) is 21.2. The molecular weight excluding hydrogens is 387 g/mol. The number of methoxy groups -OCH3 is 3. The van der Waals surface area contributed by atoms with E-state index in [1.54, 1.807) is 38.5 Å². The van der Waals surface area contributed by atoms with Crippen LogP contribution < -0.4 is 19.5 Å². The molecule has 0 bridgehead atoms. The Balaban J connectivity index is 1.64. The molecule has 1 N–H and O–H groups in total. The maximum Gasteiger partial charge on any atom is 0.244 e. The van der Waals surface area contributed by atoms with Gasteiger partial charge in [0.2, 0.25) is 11.7 Å². The summed E-state index contributed by atoms with van der Waals surface area (Å²) in [6.45, 7) is 3.00. The molecule has 158 valence electrons. The fourth-order valence-electron chi connectivity index (χ4n) is 3.40. The van der Waals surface area contributed by atoms with Crippen molar-refractivity contribution < 1.29 is 23.4 Å². The Bertz CT molecular complexity index is 1060.